The average molecular weight is 486 g/mol. The third-order valence-corrected chi connectivity index (χ3v) is 6.23. The van der Waals surface area contributed by atoms with Gasteiger partial charge < -0.3 is 9.38 Å². The molecule has 1 aromatic carbocycles. The standard InChI is InChI=1S/C22H34N4S.ClHO4/c1-6-24-16-18-27-22(24)14-9-13-21-23(2)19-11-7-8-12-20(19)25(21)15-10-17-26(3,4)5;2-1(3,4)5/h7-9,11-14H,6,10,15-18H2,1-5H3;(H,2,3,4,5)/q+2;/p-1. The van der Waals surface area contributed by atoms with Gasteiger partial charge in [0.15, 0.2) is 11.0 Å². The second-order valence-electron chi connectivity index (χ2n) is 8.60. The molecular formula is C22H34ClN4O4S+. The normalized spacial score (nSPS) is 16.3. The molecule has 2 heterocycles. The van der Waals surface area contributed by atoms with Crippen LogP contribution in [0.25, 0.3) is 17.1 Å². The van der Waals surface area contributed by atoms with Crippen LogP contribution in [-0.4, -0.2) is 60.5 Å². The van der Waals surface area contributed by atoms with Crippen molar-refractivity contribution in [2.24, 2.45) is 7.05 Å². The molecule has 0 saturated carbocycles. The molecule has 1 saturated heterocycles. The predicted molar refractivity (Wildman–Crippen MR) is 117 cm³/mol. The Morgan fingerprint density at radius 1 is 1.16 bits per heavy atom. The highest BCUT2D eigenvalue weighted by Gasteiger charge is 2.21. The van der Waals surface area contributed by atoms with Gasteiger partial charge in [0.25, 0.3) is 5.82 Å². The number of imidazole rings is 1. The van der Waals surface area contributed by atoms with Crippen molar-refractivity contribution in [1.29, 1.82) is 0 Å². The quantitative estimate of drug-likeness (QED) is 0.358. The molecule has 0 atom stereocenters. The minimum Gasteiger partial charge on any atom is -0.366 e. The Kier molecular flexibility index (Phi) is 9.59. The van der Waals surface area contributed by atoms with Crippen LogP contribution in [0.1, 0.15) is 19.2 Å². The molecule has 178 valence electrons. The molecule has 8 nitrogen and oxygen atoms in total. The maximum absolute atomic E-state index is 8.49. The number of fused-ring (bicyclic) bond motifs is 1. The first kappa shape index (κ1) is 26.7. The molecule has 0 radical (unpaired) electrons. The number of nitrogens with zero attached hydrogens (tertiary/aromatic N) is 4. The van der Waals surface area contributed by atoms with Crippen molar-refractivity contribution in [3.05, 3.63) is 47.3 Å². The lowest BCUT2D eigenvalue weighted by atomic mass is 10.3. The van der Waals surface area contributed by atoms with Crippen LogP contribution in [0.2, 0.25) is 0 Å². The Morgan fingerprint density at radius 2 is 1.81 bits per heavy atom. The Bertz CT molecular complexity index is 942. The summed E-state index contributed by atoms with van der Waals surface area (Å²) in [5, 5.41) is 1.39. The second kappa shape index (κ2) is 11.5. The average Bonchev–Trinajstić information content (AvgIpc) is 3.24. The summed E-state index contributed by atoms with van der Waals surface area (Å²) < 4.78 is 39.8. The Labute approximate surface area is 197 Å². The molecule has 1 fully saturated rings. The van der Waals surface area contributed by atoms with Gasteiger partial charge in [0.1, 0.15) is 0 Å². The van der Waals surface area contributed by atoms with Crippen LogP contribution < -0.4 is 23.2 Å². The van der Waals surface area contributed by atoms with Gasteiger partial charge in [-0.05, 0) is 25.1 Å². The monoisotopic (exact) mass is 485 g/mol. The van der Waals surface area contributed by atoms with E-state index < -0.39 is 10.2 Å². The second-order valence-corrected chi connectivity index (χ2v) is 10.5. The van der Waals surface area contributed by atoms with Crippen molar-refractivity contribution in [3.8, 4) is 0 Å². The highest BCUT2D eigenvalue weighted by Crippen LogP contribution is 2.27. The first-order valence-electron chi connectivity index (χ1n) is 10.6. The van der Waals surface area contributed by atoms with Crippen molar-refractivity contribution in [2.45, 2.75) is 19.9 Å². The van der Waals surface area contributed by atoms with Crippen LogP contribution in [0.4, 0.5) is 0 Å². The summed E-state index contributed by atoms with van der Waals surface area (Å²) >= 11 is 1.96. The summed E-state index contributed by atoms with van der Waals surface area (Å²) in [4.78, 5) is 2.45. The van der Waals surface area contributed by atoms with Gasteiger partial charge in [-0.15, -0.1) is 22.0 Å². The summed E-state index contributed by atoms with van der Waals surface area (Å²) in [6, 6.07) is 8.72. The fourth-order valence-corrected chi connectivity index (χ4v) is 4.79. The van der Waals surface area contributed by atoms with Gasteiger partial charge in [-0.25, -0.2) is 27.8 Å². The number of quaternary nitrogens is 1. The predicted octanol–water partition coefficient (Wildman–Crippen LogP) is -1.27. The Balaban J connectivity index is 0.000000654. The minimum absolute atomic E-state index is 1.01. The van der Waals surface area contributed by atoms with E-state index in [1.807, 2.05) is 11.8 Å². The minimum atomic E-state index is -4.94. The van der Waals surface area contributed by atoms with Crippen LogP contribution in [0.5, 0.6) is 0 Å². The van der Waals surface area contributed by atoms with E-state index in [4.69, 9.17) is 18.6 Å². The molecule has 0 amide bonds. The summed E-state index contributed by atoms with van der Waals surface area (Å²) in [6.07, 6.45) is 7.94. The number of para-hydroxylation sites is 2. The zero-order valence-corrected chi connectivity index (χ0v) is 21.1. The van der Waals surface area contributed by atoms with Gasteiger partial charge >= 0.3 is 0 Å². The van der Waals surface area contributed by atoms with Crippen molar-refractivity contribution < 1.29 is 37.9 Å². The van der Waals surface area contributed by atoms with Crippen LogP contribution in [0.3, 0.4) is 0 Å². The molecule has 32 heavy (non-hydrogen) atoms. The highest BCUT2D eigenvalue weighted by molar-refractivity contribution is 8.03. The van der Waals surface area contributed by atoms with Gasteiger partial charge in [-0.3, -0.25) is 0 Å². The number of hydrogen-bond acceptors (Lipinski definition) is 6. The summed E-state index contributed by atoms with van der Waals surface area (Å²) in [7, 11) is 4.02. The third kappa shape index (κ3) is 8.40. The zero-order chi connectivity index (χ0) is 23.9. The molecular weight excluding hydrogens is 452 g/mol. The van der Waals surface area contributed by atoms with Crippen LogP contribution in [0.15, 0.2) is 41.4 Å². The number of hydrogen-bond donors (Lipinski definition) is 0. The first-order valence-corrected chi connectivity index (χ1v) is 12.8. The molecule has 2 aromatic rings. The topological polar surface area (TPSA) is 104 Å². The Morgan fingerprint density at radius 3 is 2.44 bits per heavy atom. The van der Waals surface area contributed by atoms with Crippen LogP contribution in [-0.2, 0) is 13.6 Å². The number of aryl methyl sites for hydroxylation is 2. The van der Waals surface area contributed by atoms with Crippen LogP contribution in [0, 0.1) is 10.2 Å². The van der Waals surface area contributed by atoms with Gasteiger partial charge in [0, 0.05) is 31.3 Å². The van der Waals surface area contributed by atoms with Crippen molar-refractivity contribution in [3.63, 3.8) is 0 Å². The van der Waals surface area contributed by atoms with E-state index in [0.29, 0.717) is 0 Å². The number of allylic oxidation sites excluding steroid dienone is 2. The molecule has 10 heteroatoms. The van der Waals surface area contributed by atoms with E-state index in [9.17, 15) is 0 Å². The number of benzene rings is 1. The lowest BCUT2D eigenvalue weighted by Gasteiger charge is -2.23. The van der Waals surface area contributed by atoms with E-state index in [-0.39, 0.29) is 0 Å². The van der Waals surface area contributed by atoms with E-state index in [1.165, 1.54) is 47.2 Å². The third-order valence-electron chi connectivity index (χ3n) is 5.15. The number of halogens is 1. The fraction of sp³-hybridized carbons (Fsp3) is 0.500. The van der Waals surface area contributed by atoms with Gasteiger partial charge in [-0.2, -0.15) is 0 Å². The molecule has 0 unspecified atom stereocenters. The summed E-state index contributed by atoms with van der Waals surface area (Å²) in [5.74, 6) is 2.47. The van der Waals surface area contributed by atoms with Crippen molar-refractivity contribution in [2.75, 3.05) is 46.5 Å². The van der Waals surface area contributed by atoms with Crippen LogP contribution >= 0.6 is 11.8 Å². The molecule has 0 spiro atoms. The molecule has 1 aliphatic rings. The molecule has 3 rings (SSSR count). The van der Waals surface area contributed by atoms with Crippen molar-refractivity contribution in [1.82, 2.24) is 9.47 Å². The number of aromatic nitrogens is 2. The largest absolute Gasteiger partial charge is 0.366 e. The summed E-state index contributed by atoms with van der Waals surface area (Å²) in [5.41, 5.74) is 2.61. The molecule has 0 bridgehead atoms. The smallest absolute Gasteiger partial charge is 0.282 e. The fourth-order valence-electron chi connectivity index (χ4n) is 3.69. The Hall–Kier alpha value is -1.59. The number of rotatable bonds is 7. The SMILES string of the molecule is CCN1CCSC1=CC=Cc1n(CCC[N+](C)(C)C)c2ccccc2[n+]1C.[O-][Cl+3]([O-])([O-])[O-]. The maximum Gasteiger partial charge on any atom is 0.282 e. The highest BCUT2D eigenvalue weighted by atomic mass is 35.7. The maximum atomic E-state index is 8.49. The van der Waals surface area contributed by atoms with Gasteiger partial charge in [0.2, 0.25) is 0 Å². The van der Waals surface area contributed by atoms with E-state index in [2.05, 4.69) is 91.6 Å². The lowest BCUT2D eigenvalue weighted by molar-refractivity contribution is -2.00. The zero-order valence-electron chi connectivity index (χ0n) is 19.5. The summed E-state index contributed by atoms with van der Waals surface area (Å²) in [6.45, 7) is 6.70. The van der Waals surface area contributed by atoms with Gasteiger partial charge in [0.05, 0.1) is 46.3 Å². The lowest BCUT2D eigenvalue weighted by Crippen LogP contribution is -2.68. The first-order chi connectivity index (χ1) is 14.9. The van der Waals surface area contributed by atoms with E-state index >= 15 is 0 Å². The molecule has 1 aliphatic heterocycles. The van der Waals surface area contributed by atoms with Gasteiger partial charge in [-0.1, -0.05) is 18.2 Å². The molecule has 0 aliphatic carbocycles. The van der Waals surface area contributed by atoms with Crippen molar-refractivity contribution >= 4 is 28.9 Å². The molecule has 1 aromatic heterocycles. The van der Waals surface area contributed by atoms with E-state index in [0.717, 1.165) is 17.6 Å². The van der Waals surface area contributed by atoms with E-state index in [1.54, 1.807) is 0 Å². The number of thioether (sulfide) groups is 1. The molecule has 0 N–H and O–H groups in total.